The Hall–Kier alpha value is -0.920. The van der Waals surface area contributed by atoms with Crippen LogP contribution in [0.3, 0.4) is 0 Å². The van der Waals surface area contributed by atoms with Crippen molar-refractivity contribution in [3.05, 3.63) is 12.5 Å². The lowest BCUT2D eigenvalue weighted by atomic mass is 9.99. The minimum absolute atomic E-state index is 0.0214. The Morgan fingerprint density at radius 2 is 2.18 bits per heavy atom. The van der Waals surface area contributed by atoms with Gasteiger partial charge in [0.05, 0.1) is 6.33 Å². The summed E-state index contributed by atoms with van der Waals surface area (Å²) in [6, 6.07) is -0.300. The van der Waals surface area contributed by atoms with Crippen molar-refractivity contribution in [3.8, 4) is 0 Å². The van der Waals surface area contributed by atoms with E-state index in [2.05, 4.69) is 9.71 Å². The lowest BCUT2D eigenvalue weighted by Gasteiger charge is -2.29. The summed E-state index contributed by atoms with van der Waals surface area (Å²) in [5.74, 6) is 0. The normalized spacial score (nSPS) is 14.9. The van der Waals surface area contributed by atoms with Gasteiger partial charge in [0.25, 0.3) is 10.0 Å². The number of nitrogens with zero attached hydrogens (tertiary/aromatic N) is 2. The van der Waals surface area contributed by atoms with Crippen LogP contribution in [0.4, 0.5) is 0 Å². The molecule has 0 bridgehead atoms. The highest BCUT2D eigenvalue weighted by atomic mass is 32.2. The van der Waals surface area contributed by atoms with Gasteiger partial charge in [0.15, 0.2) is 5.03 Å². The zero-order valence-corrected chi connectivity index (χ0v) is 11.5. The number of rotatable bonds is 5. The molecule has 0 aliphatic carbocycles. The van der Waals surface area contributed by atoms with Crippen LogP contribution in [0, 0.1) is 0 Å². The standard InChI is InChI=1S/C10H20N4O2S/c1-5-14-6-9(12-7-14)17(15,16)13-10(3,4)8(2)11/h6-8,13H,5,11H2,1-4H3. The van der Waals surface area contributed by atoms with Gasteiger partial charge in [-0.1, -0.05) is 0 Å². The van der Waals surface area contributed by atoms with Crippen LogP contribution in [-0.4, -0.2) is 29.5 Å². The zero-order valence-electron chi connectivity index (χ0n) is 10.6. The molecule has 1 rings (SSSR count). The van der Waals surface area contributed by atoms with Gasteiger partial charge < -0.3 is 10.3 Å². The summed E-state index contributed by atoms with van der Waals surface area (Å²) in [5.41, 5.74) is 5.02. The van der Waals surface area contributed by atoms with Crippen LogP contribution in [0.15, 0.2) is 17.6 Å². The van der Waals surface area contributed by atoms with Crippen molar-refractivity contribution in [2.24, 2.45) is 5.73 Å². The SMILES string of the molecule is CCn1cnc(S(=O)(=O)NC(C)(C)C(C)N)c1. The molecule has 0 aliphatic heterocycles. The first-order valence-corrected chi connectivity index (χ1v) is 6.98. The molecule has 1 atom stereocenters. The molecule has 0 radical (unpaired) electrons. The van der Waals surface area contributed by atoms with E-state index >= 15 is 0 Å². The molecule has 1 aromatic rings. The van der Waals surface area contributed by atoms with E-state index in [9.17, 15) is 8.42 Å². The first-order valence-electron chi connectivity index (χ1n) is 5.50. The maximum Gasteiger partial charge on any atom is 0.260 e. The van der Waals surface area contributed by atoms with Gasteiger partial charge in [0, 0.05) is 24.3 Å². The lowest BCUT2D eigenvalue weighted by Crippen LogP contribution is -2.54. The molecule has 1 heterocycles. The monoisotopic (exact) mass is 260 g/mol. The fraction of sp³-hybridized carbons (Fsp3) is 0.700. The number of hydrogen-bond acceptors (Lipinski definition) is 4. The highest BCUT2D eigenvalue weighted by Gasteiger charge is 2.30. The summed E-state index contributed by atoms with van der Waals surface area (Å²) < 4.78 is 28.3. The third-order valence-electron chi connectivity index (χ3n) is 2.79. The van der Waals surface area contributed by atoms with Gasteiger partial charge in [-0.15, -0.1) is 0 Å². The predicted molar refractivity (Wildman–Crippen MR) is 66.0 cm³/mol. The van der Waals surface area contributed by atoms with Gasteiger partial charge in [0.1, 0.15) is 0 Å². The summed E-state index contributed by atoms with van der Waals surface area (Å²) in [5, 5.41) is 0.0214. The predicted octanol–water partition coefficient (Wildman–Crippen LogP) is 0.307. The first-order chi connectivity index (χ1) is 7.69. The number of sulfonamides is 1. The smallest absolute Gasteiger partial charge is 0.260 e. The highest BCUT2D eigenvalue weighted by Crippen LogP contribution is 2.13. The summed E-state index contributed by atoms with van der Waals surface area (Å²) in [7, 11) is -3.61. The van der Waals surface area contributed by atoms with Gasteiger partial charge >= 0.3 is 0 Å². The Morgan fingerprint density at radius 1 is 1.59 bits per heavy atom. The average molecular weight is 260 g/mol. The Balaban J connectivity index is 2.97. The largest absolute Gasteiger partial charge is 0.336 e. The lowest BCUT2D eigenvalue weighted by molar-refractivity contribution is 0.387. The number of nitrogens with one attached hydrogen (secondary N) is 1. The molecule has 0 fully saturated rings. The number of aromatic nitrogens is 2. The van der Waals surface area contributed by atoms with E-state index < -0.39 is 15.6 Å². The van der Waals surface area contributed by atoms with Crippen molar-refractivity contribution in [1.29, 1.82) is 0 Å². The topological polar surface area (TPSA) is 90.0 Å². The third kappa shape index (κ3) is 3.27. The molecule has 0 aromatic carbocycles. The summed E-state index contributed by atoms with van der Waals surface area (Å²) >= 11 is 0. The van der Waals surface area contributed by atoms with Crippen molar-refractivity contribution in [2.75, 3.05) is 0 Å². The van der Waals surface area contributed by atoms with Crippen molar-refractivity contribution < 1.29 is 8.42 Å². The van der Waals surface area contributed by atoms with E-state index in [0.29, 0.717) is 6.54 Å². The van der Waals surface area contributed by atoms with E-state index in [1.807, 2.05) is 6.92 Å². The van der Waals surface area contributed by atoms with Crippen molar-refractivity contribution in [3.63, 3.8) is 0 Å². The molecule has 0 saturated carbocycles. The molecule has 98 valence electrons. The van der Waals surface area contributed by atoms with Gasteiger partial charge in [-0.05, 0) is 27.7 Å². The molecule has 1 aromatic heterocycles. The number of imidazole rings is 1. The molecular formula is C10H20N4O2S. The van der Waals surface area contributed by atoms with Crippen LogP contribution in [-0.2, 0) is 16.6 Å². The molecule has 0 spiro atoms. The van der Waals surface area contributed by atoms with Gasteiger partial charge in [0.2, 0.25) is 0 Å². The second kappa shape index (κ2) is 4.75. The van der Waals surface area contributed by atoms with Crippen LogP contribution in [0.1, 0.15) is 27.7 Å². The van der Waals surface area contributed by atoms with Gasteiger partial charge in [-0.3, -0.25) is 0 Å². The number of hydrogen-bond donors (Lipinski definition) is 2. The molecule has 0 amide bonds. The van der Waals surface area contributed by atoms with Crippen molar-refractivity contribution in [1.82, 2.24) is 14.3 Å². The molecule has 1 unspecified atom stereocenters. The maximum atomic E-state index is 12.0. The van der Waals surface area contributed by atoms with Gasteiger partial charge in [-0.25, -0.2) is 18.1 Å². The van der Waals surface area contributed by atoms with Gasteiger partial charge in [-0.2, -0.15) is 0 Å². The fourth-order valence-electron chi connectivity index (χ4n) is 1.14. The Kier molecular flexibility index (Phi) is 3.95. The van der Waals surface area contributed by atoms with E-state index in [1.165, 1.54) is 12.5 Å². The van der Waals surface area contributed by atoms with Crippen LogP contribution in [0.25, 0.3) is 0 Å². The fourth-order valence-corrected chi connectivity index (χ4v) is 2.59. The van der Waals surface area contributed by atoms with Crippen molar-refractivity contribution >= 4 is 10.0 Å². The second-order valence-electron chi connectivity index (χ2n) is 4.66. The highest BCUT2D eigenvalue weighted by molar-refractivity contribution is 7.89. The second-order valence-corrected chi connectivity index (χ2v) is 6.29. The zero-order chi connectivity index (χ0) is 13.3. The minimum Gasteiger partial charge on any atom is -0.336 e. The van der Waals surface area contributed by atoms with Crippen LogP contribution in [0.2, 0.25) is 0 Å². The van der Waals surface area contributed by atoms with Crippen LogP contribution < -0.4 is 10.5 Å². The quantitative estimate of drug-likeness (QED) is 0.797. The average Bonchev–Trinajstić information content (AvgIpc) is 2.64. The summed E-state index contributed by atoms with van der Waals surface area (Å²) in [6.07, 6.45) is 2.99. The van der Waals surface area contributed by atoms with E-state index in [4.69, 9.17) is 5.73 Å². The Morgan fingerprint density at radius 3 is 2.59 bits per heavy atom. The molecule has 0 saturated heterocycles. The molecule has 6 nitrogen and oxygen atoms in total. The third-order valence-corrected chi connectivity index (χ3v) is 4.34. The molecule has 7 heteroatoms. The van der Waals surface area contributed by atoms with Crippen molar-refractivity contribution in [2.45, 2.75) is 50.8 Å². The summed E-state index contributed by atoms with van der Waals surface area (Å²) in [6.45, 7) is 7.84. The molecular weight excluding hydrogens is 240 g/mol. The van der Waals surface area contributed by atoms with Crippen LogP contribution >= 0.6 is 0 Å². The number of nitrogens with two attached hydrogens (primary N) is 1. The maximum absolute atomic E-state index is 12.0. The minimum atomic E-state index is -3.61. The molecule has 0 aliphatic rings. The Bertz CT molecular complexity index is 476. The van der Waals surface area contributed by atoms with E-state index in [0.717, 1.165) is 0 Å². The number of aryl methyl sites for hydroxylation is 1. The summed E-state index contributed by atoms with van der Waals surface area (Å²) in [4.78, 5) is 3.87. The van der Waals surface area contributed by atoms with E-state index in [-0.39, 0.29) is 11.1 Å². The Labute approximate surface area is 102 Å². The van der Waals surface area contributed by atoms with Crippen LogP contribution in [0.5, 0.6) is 0 Å². The molecule has 3 N–H and O–H groups in total. The molecule has 17 heavy (non-hydrogen) atoms. The first kappa shape index (κ1) is 14.1. The van der Waals surface area contributed by atoms with E-state index in [1.54, 1.807) is 25.3 Å².